The second kappa shape index (κ2) is 15.9. The molecule has 1 saturated heterocycles. The molecule has 0 bridgehead atoms. The van der Waals surface area contributed by atoms with Gasteiger partial charge in [0.05, 0.1) is 19.0 Å². The van der Waals surface area contributed by atoms with Gasteiger partial charge >= 0.3 is 12.1 Å². The number of rotatable bonds is 14. The number of ether oxygens (including phenoxy) is 3. The second-order valence-corrected chi connectivity index (χ2v) is 13.5. The molecule has 1 amide bonds. The molecule has 1 fully saturated rings. The van der Waals surface area contributed by atoms with E-state index in [-0.39, 0.29) is 24.9 Å². The van der Waals surface area contributed by atoms with Gasteiger partial charge in [0.1, 0.15) is 17.4 Å². The molecule has 1 unspecified atom stereocenters. The summed E-state index contributed by atoms with van der Waals surface area (Å²) in [6.45, 7) is 9.43. The molecule has 0 radical (unpaired) electrons. The fraction of sp³-hybridized carbons (Fsp3) is 0.562. The molecule has 0 aliphatic carbocycles. The van der Waals surface area contributed by atoms with Crippen molar-refractivity contribution in [1.82, 2.24) is 9.62 Å². The average Bonchev–Trinajstić information content (AvgIpc) is 2.93. The minimum atomic E-state index is -3.80. The van der Waals surface area contributed by atoms with Gasteiger partial charge < -0.3 is 19.1 Å². The van der Waals surface area contributed by atoms with Gasteiger partial charge in [-0.15, -0.1) is 0 Å². The van der Waals surface area contributed by atoms with Gasteiger partial charge in [-0.3, -0.25) is 4.79 Å². The predicted octanol–water partition coefficient (Wildman–Crippen LogP) is 5.48. The van der Waals surface area contributed by atoms with Gasteiger partial charge in [0.25, 0.3) is 0 Å². The van der Waals surface area contributed by atoms with Crippen LogP contribution in [0.4, 0.5) is 4.79 Å². The van der Waals surface area contributed by atoms with Gasteiger partial charge in [-0.25, -0.2) is 17.9 Å². The molecule has 1 atom stereocenters. The van der Waals surface area contributed by atoms with Crippen LogP contribution >= 0.6 is 0 Å². The number of likely N-dealkylation sites (tertiary alicyclic amines) is 1. The maximum Gasteiger partial charge on any atom is 0.410 e. The summed E-state index contributed by atoms with van der Waals surface area (Å²) >= 11 is 0. The quantitative estimate of drug-likeness (QED) is 0.225. The zero-order valence-electron chi connectivity index (χ0n) is 25.3. The highest BCUT2D eigenvalue weighted by molar-refractivity contribution is 7.88. The van der Waals surface area contributed by atoms with Gasteiger partial charge in [0.2, 0.25) is 10.0 Å². The van der Waals surface area contributed by atoms with Crippen LogP contribution in [-0.4, -0.2) is 63.3 Å². The topological polar surface area (TPSA) is 111 Å². The highest BCUT2D eigenvalue weighted by atomic mass is 32.2. The smallest absolute Gasteiger partial charge is 0.410 e. The van der Waals surface area contributed by atoms with Crippen molar-refractivity contribution < 1.29 is 32.2 Å². The van der Waals surface area contributed by atoms with Gasteiger partial charge in [0, 0.05) is 19.5 Å². The first-order valence-corrected chi connectivity index (χ1v) is 16.5. The lowest BCUT2D eigenvalue weighted by Gasteiger charge is -2.33. The molecule has 1 heterocycles. The SMILES string of the molecule is CCOC(=O)C(Cc1ccccc1OCCCCC1CCN(C(=O)OC(C)(C)C)CC1)NS(=O)(=O)Cc1ccccc1. The highest BCUT2D eigenvalue weighted by Gasteiger charge is 2.28. The number of hydrogen-bond donors (Lipinski definition) is 1. The first kappa shape index (κ1) is 33.4. The fourth-order valence-electron chi connectivity index (χ4n) is 4.95. The molecule has 0 aromatic heterocycles. The Bertz CT molecular complexity index is 1240. The van der Waals surface area contributed by atoms with Crippen molar-refractivity contribution in [3.05, 3.63) is 65.7 Å². The van der Waals surface area contributed by atoms with Gasteiger partial charge in [-0.1, -0.05) is 55.0 Å². The minimum Gasteiger partial charge on any atom is -0.493 e. The van der Waals surface area contributed by atoms with E-state index >= 15 is 0 Å². The molecule has 2 aromatic rings. The van der Waals surface area contributed by atoms with Crippen LogP contribution in [0, 0.1) is 5.92 Å². The Morgan fingerprint density at radius 3 is 2.33 bits per heavy atom. The minimum absolute atomic E-state index is 0.110. The molecule has 9 nitrogen and oxygen atoms in total. The molecule has 10 heteroatoms. The van der Waals surface area contributed by atoms with Crippen LogP contribution in [0.25, 0.3) is 0 Å². The van der Waals surface area contributed by atoms with Crippen molar-refractivity contribution >= 4 is 22.1 Å². The van der Waals surface area contributed by atoms with Crippen LogP contribution in [0.1, 0.15) is 70.9 Å². The normalized spacial score (nSPS) is 15.2. The third-order valence-corrected chi connectivity index (χ3v) is 8.38. The maximum atomic E-state index is 12.9. The van der Waals surface area contributed by atoms with E-state index in [0.717, 1.165) is 50.8 Å². The summed E-state index contributed by atoms with van der Waals surface area (Å²) in [5.74, 6) is 0.341. The van der Waals surface area contributed by atoms with E-state index in [9.17, 15) is 18.0 Å². The number of piperidine rings is 1. The number of nitrogens with one attached hydrogen (secondary N) is 1. The molecule has 2 aromatic carbocycles. The van der Waals surface area contributed by atoms with Gasteiger partial charge in [-0.05, 0) is 76.5 Å². The van der Waals surface area contributed by atoms with Crippen LogP contribution in [0.3, 0.4) is 0 Å². The highest BCUT2D eigenvalue weighted by Crippen LogP contribution is 2.25. The van der Waals surface area contributed by atoms with Crippen molar-refractivity contribution in [2.75, 3.05) is 26.3 Å². The Morgan fingerprint density at radius 1 is 1.00 bits per heavy atom. The Balaban J connectivity index is 1.49. The van der Waals surface area contributed by atoms with Crippen LogP contribution < -0.4 is 9.46 Å². The van der Waals surface area contributed by atoms with E-state index in [4.69, 9.17) is 14.2 Å². The fourth-order valence-corrected chi connectivity index (χ4v) is 6.28. The van der Waals surface area contributed by atoms with Crippen molar-refractivity contribution in [3.63, 3.8) is 0 Å². The predicted molar refractivity (Wildman–Crippen MR) is 163 cm³/mol. The summed E-state index contributed by atoms with van der Waals surface area (Å²) in [4.78, 5) is 26.8. The first-order valence-electron chi connectivity index (χ1n) is 14.8. The molecule has 3 rings (SSSR count). The number of para-hydroxylation sites is 1. The zero-order valence-corrected chi connectivity index (χ0v) is 26.2. The van der Waals surface area contributed by atoms with E-state index in [1.807, 2.05) is 51.1 Å². The molecular formula is C32H46N2O7S. The maximum absolute atomic E-state index is 12.9. The molecule has 1 aliphatic heterocycles. The van der Waals surface area contributed by atoms with E-state index in [1.165, 1.54) is 0 Å². The zero-order chi connectivity index (χ0) is 30.6. The molecular weight excluding hydrogens is 556 g/mol. The monoisotopic (exact) mass is 602 g/mol. The van der Waals surface area contributed by atoms with Crippen molar-refractivity contribution in [3.8, 4) is 5.75 Å². The number of esters is 1. The largest absolute Gasteiger partial charge is 0.493 e. The molecule has 0 spiro atoms. The molecule has 1 aliphatic rings. The number of nitrogens with zero attached hydrogens (tertiary/aromatic N) is 1. The van der Waals surface area contributed by atoms with Crippen LogP contribution in [0.15, 0.2) is 54.6 Å². The summed E-state index contributed by atoms with van der Waals surface area (Å²) in [6.07, 6.45) is 4.76. The van der Waals surface area contributed by atoms with E-state index in [0.29, 0.717) is 23.8 Å². The van der Waals surface area contributed by atoms with Gasteiger partial charge in [-0.2, -0.15) is 0 Å². The van der Waals surface area contributed by atoms with Crippen molar-refractivity contribution in [2.24, 2.45) is 5.92 Å². The third kappa shape index (κ3) is 11.6. The summed E-state index contributed by atoms with van der Waals surface area (Å²) < 4.78 is 45.1. The Kier molecular flexibility index (Phi) is 12.7. The summed E-state index contributed by atoms with van der Waals surface area (Å²) in [7, 11) is -3.80. The number of benzene rings is 2. The van der Waals surface area contributed by atoms with Crippen molar-refractivity contribution in [2.45, 2.75) is 83.6 Å². The lowest BCUT2D eigenvalue weighted by atomic mass is 9.92. The van der Waals surface area contributed by atoms with Crippen LogP contribution in [0.2, 0.25) is 0 Å². The number of amides is 1. The number of carbonyl (C=O) groups is 2. The lowest BCUT2D eigenvalue weighted by Crippen LogP contribution is -2.43. The Hall–Kier alpha value is -3.11. The number of carbonyl (C=O) groups excluding carboxylic acids is 2. The lowest BCUT2D eigenvalue weighted by molar-refractivity contribution is -0.145. The van der Waals surface area contributed by atoms with E-state index in [1.54, 1.807) is 36.1 Å². The molecule has 42 heavy (non-hydrogen) atoms. The van der Waals surface area contributed by atoms with Gasteiger partial charge in [0.15, 0.2) is 0 Å². The van der Waals surface area contributed by atoms with E-state index in [2.05, 4.69) is 4.72 Å². The summed E-state index contributed by atoms with van der Waals surface area (Å²) in [6, 6.07) is 15.1. The molecule has 1 N–H and O–H groups in total. The first-order chi connectivity index (χ1) is 20.0. The summed E-state index contributed by atoms with van der Waals surface area (Å²) in [5.41, 5.74) is 0.875. The van der Waals surface area contributed by atoms with Crippen LogP contribution in [0.5, 0.6) is 5.75 Å². The Morgan fingerprint density at radius 2 is 1.67 bits per heavy atom. The standard InChI is InChI=1S/C32H46N2O7S/c1-5-39-30(35)28(33-42(37,38)24-26-14-7-6-8-15-26)23-27-16-9-10-17-29(27)40-22-12-11-13-25-18-20-34(21-19-25)31(36)41-32(2,3)4/h6-10,14-17,25,28,33H,5,11-13,18-24H2,1-4H3. The Labute approximate surface area is 251 Å². The molecule has 232 valence electrons. The summed E-state index contributed by atoms with van der Waals surface area (Å²) in [5, 5.41) is 0. The number of unbranched alkanes of at least 4 members (excludes halogenated alkanes) is 1. The van der Waals surface area contributed by atoms with Crippen LogP contribution in [-0.2, 0) is 36.5 Å². The molecule has 0 saturated carbocycles. The average molecular weight is 603 g/mol. The number of hydrogen-bond acceptors (Lipinski definition) is 7. The van der Waals surface area contributed by atoms with E-state index < -0.39 is 27.6 Å². The second-order valence-electron chi connectivity index (χ2n) is 11.7. The van der Waals surface area contributed by atoms with Crippen molar-refractivity contribution in [1.29, 1.82) is 0 Å². The number of sulfonamides is 1. The third-order valence-electron chi connectivity index (χ3n) is 7.02.